The maximum atomic E-state index is 14.4. The second-order valence-corrected chi connectivity index (χ2v) is 5.90. The first kappa shape index (κ1) is 20.5. The van der Waals surface area contributed by atoms with Crippen LogP contribution in [0.15, 0.2) is 35.3 Å². The third-order valence-corrected chi connectivity index (χ3v) is 4.21. The molecule has 2 aromatic carbocycles. The highest BCUT2D eigenvalue weighted by atomic mass is 19.2. The lowest BCUT2D eigenvalue weighted by Gasteiger charge is -2.17. The lowest BCUT2D eigenvalue weighted by atomic mass is 10.0. The number of hydrogen-bond acceptors (Lipinski definition) is 3. The zero-order chi connectivity index (χ0) is 21.5. The molecule has 3 rings (SSSR count). The Morgan fingerprint density at radius 3 is 2.38 bits per heavy atom. The molecule has 150 valence electrons. The average molecular weight is 413 g/mol. The number of benzene rings is 2. The number of aromatic nitrogens is 1. The Morgan fingerprint density at radius 2 is 1.79 bits per heavy atom. The molecule has 1 heterocycles. The van der Waals surface area contributed by atoms with Crippen LogP contribution >= 0.6 is 0 Å². The molecule has 3 aromatic rings. The fraction of sp³-hybridized carbons (Fsp3) is 0.111. The lowest BCUT2D eigenvalue weighted by Crippen LogP contribution is -2.24. The standard InChI is InChI=1S/C18H10BF6NO3/c1-2-9-15(23)13(22)6-10-16(9)26(14-4-3-8(20)5-12(14)21)7-11(17(10)27)18(28)29-19(24)25/h3-7H,2H2,1H3. The lowest BCUT2D eigenvalue weighted by molar-refractivity contribution is 0.0693. The predicted molar refractivity (Wildman–Crippen MR) is 92.1 cm³/mol. The zero-order valence-corrected chi connectivity index (χ0v) is 14.6. The number of carbonyl (C=O) groups excluding carboxylic acids is 1. The van der Waals surface area contributed by atoms with E-state index < -0.39 is 58.8 Å². The number of nitrogens with zero attached hydrogens (tertiary/aromatic N) is 1. The van der Waals surface area contributed by atoms with Crippen LogP contribution in [0, 0.1) is 23.3 Å². The third-order valence-electron chi connectivity index (χ3n) is 4.21. The molecule has 1 aromatic heterocycles. The van der Waals surface area contributed by atoms with Gasteiger partial charge in [-0.2, -0.15) is 0 Å². The first-order chi connectivity index (χ1) is 13.6. The van der Waals surface area contributed by atoms with E-state index in [0.29, 0.717) is 18.3 Å². The van der Waals surface area contributed by atoms with Crippen LogP contribution in [0.3, 0.4) is 0 Å². The molecule has 0 amide bonds. The third kappa shape index (κ3) is 3.59. The van der Waals surface area contributed by atoms with E-state index in [1.165, 1.54) is 6.92 Å². The maximum Gasteiger partial charge on any atom is 0.798 e. The first-order valence-electron chi connectivity index (χ1n) is 8.16. The highest BCUT2D eigenvalue weighted by Crippen LogP contribution is 2.28. The van der Waals surface area contributed by atoms with Gasteiger partial charge in [0.2, 0.25) is 5.43 Å². The second-order valence-electron chi connectivity index (χ2n) is 5.90. The minimum Gasteiger partial charge on any atom is -0.474 e. The summed E-state index contributed by atoms with van der Waals surface area (Å²) in [5.74, 6) is -6.57. The van der Waals surface area contributed by atoms with Gasteiger partial charge in [0, 0.05) is 17.8 Å². The summed E-state index contributed by atoms with van der Waals surface area (Å²) in [6.07, 6.45) is 0.533. The Bertz CT molecular complexity index is 1190. The summed E-state index contributed by atoms with van der Waals surface area (Å²) in [5, 5.41) is -0.562. The fourth-order valence-corrected chi connectivity index (χ4v) is 2.99. The Morgan fingerprint density at radius 1 is 1.10 bits per heavy atom. The van der Waals surface area contributed by atoms with E-state index in [-0.39, 0.29) is 17.5 Å². The van der Waals surface area contributed by atoms with Crippen LogP contribution in [0.2, 0.25) is 0 Å². The largest absolute Gasteiger partial charge is 0.798 e. The van der Waals surface area contributed by atoms with Crippen molar-refractivity contribution in [1.82, 2.24) is 4.57 Å². The van der Waals surface area contributed by atoms with Gasteiger partial charge in [-0.3, -0.25) is 4.79 Å². The quantitative estimate of drug-likeness (QED) is 0.476. The summed E-state index contributed by atoms with van der Waals surface area (Å²) >= 11 is 0. The van der Waals surface area contributed by atoms with E-state index >= 15 is 0 Å². The summed E-state index contributed by atoms with van der Waals surface area (Å²) in [5.41, 5.74) is -3.22. The van der Waals surface area contributed by atoms with E-state index in [1.807, 2.05) is 0 Å². The molecule has 11 heteroatoms. The normalized spacial score (nSPS) is 11.0. The van der Waals surface area contributed by atoms with Gasteiger partial charge in [-0.05, 0) is 24.6 Å². The monoisotopic (exact) mass is 413 g/mol. The molecule has 0 aliphatic carbocycles. The van der Waals surface area contributed by atoms with Crippen LogP contribution in [0.4, 0.5) is 26.2 Å². The molecule has 0 fully saturated rings. The van der Waals surface area contributed by atoms with Crippen molar-refractivity contribution in [3.05, 3.63) is 75.1 Å². The first-order valence-corrected chi connectivity index (χ1v) is 8.16. The van der Waals surface area contributed by atoms with Gasteiger partial charge in [0.25, 0.3) is 0 Å². The van der Waals surface area contributed by atoms with Crippen molar-refractivity contribution in [2.75, 3.05) is 0 Å². The van der Waals surface area contributed by atoms with Crippen molar-refractivity contribution in [2.24, 2.45) is 0 Å². The number of pyridine rings is 1. The zero-order valence-electron chi connectivity index (χ0n) is 14.6. The molecule has 0 spiro atoms. The van der Waals surface area contributed by atoms with Crippen molar-refractivity contribution in [3.63, 3.8) is 0 Å². The number of fused-ring (bicyclic) bond motifs is 1. The van der Waals surface area contributed by atoms with E-state index in [1.54, 1.807) is 0 Å². The van der Waals surface area contributed by atoms with Crippen LogP contribution in [-0.2, 0) is 11.1 Å². The molecule has 0 unspecified atom stereocenters. The number of carbonyl (C=O) groups is 1. The molecule has 0 N–H and O–H groups in total. The van der Waals surface area contributed by atoms with Gasteiger partial charge in [-0.15, -0.1) is 0 Å². The van der Waals surface area contributed by atoms with Gasteiger partial charge < -0.3 is 9.22 Å². The summed E-state index contributed by atoms with van der Waals surface area (Å²) in [6.45, 7) is 1.44. The van der Waals surface area contributed by atoms with Crippen molar-refractivity contribution in [3.8, 4) is 5.69 Å². The Hall–Kier alpha value is -3.24. The molecule has 0 aliphatic rings. The molecular weight excluding hydrogens is 403 g/mol. The SMILES string of the molecule is CCc1c(F)c(F)cc2c(=O)c(C(=O)OB(F)F)cn(-c3ccc(F)cc3F)c12. The Balaban J connectivity index is 2.50. The molecule has 4 nitrogen and oxygen atoms in total. The topological polar surface area (TPSA) is 48.3 Å². The highest BCUT2D eigenvalue weighted by molar-refractivity contribution is 6.38. The van der Waals surface area contributed by atoms with Gasteiger partial charge in [-0.1, -0.05) is 6.92 Å². The minimum atomic E-state index is -3.55. The van der Waals surface area contributed by atoms with Crippen molar-refractivity contribution < 1.29 is 35.6 Å². The van der Waals surface area contributed by atoms with E-state index in [4.69, 9.17) is 0 Å². The molecule has 0 atom stereocenters. The summed E-state index contributed by atoms with van der Waals surface area (Å²) in [7, 11) is -3.55. The van der Waals surface area contributed by atoms with Crippen LogP contribution < -0.4 is 5.43 Å². The Labute approximate surface area is 159 Å². The molecular formula is C18H10BF6NO3. The van der Waals surface area contributed by atoms with Gasteiger partial charge in [0.05, 0.1) is 16.6 Å². The van der Waals surface area contributed by atoms with E-state index in [0.717, 1.165) is 16.7 Å². The fourth-order valence-electron chi connectivity index (χ4n) is 2.99. The second kappa shape index (κ2) is 7.65. The molecule has 0 bridgehead atoms. The van der Waals surface area contributed by atoms with Crippen molar-refractivity contribution >= 4 is 24.3 Å². The molecule has 0 radical (unpaired) electrons. The number of hydrogen-bond donors (Lipinski definition) is 0. The summed E-state index contributed by atoms with van der Waals surface area (Å²) in [4.78, 5) is 24.5. The van der Waals surface area contributed by atoms with Gasteiger partial charge in [-0.25, -0.2) is 31.0 Å². The average Bonchev–Trinajstić information content (AvgIpc) is 2.64. The van der Waals surface area contributed by atoms with E-state index in [2.05, 4.69) is 4.65 Å². The molecule has 0 aliphatic heterocycles. The van der Waals surface area contributed by atoms with Gasteiger partial charge in [0.15, 0.2) is 11.6 Å². The van der Waals surface area contributed by atoms with Crippen LogP contribution in [-0.4, -0.2) is 18.0 Å². The van der Waals surface area contributed by atoms with Crippen molar-refractivity contribution in [1.29, 1.82) is 0 Å². The summed E-state index contributed by atoms with van der Waals surface area (Å²) in [6, 6.07) is 2.74. The van der Waals surface area contributed by atoms with Crippen LogP contribution in [0.25, 0.3) is 16.6 Å². The highest BCUT2D eigenvalue weighted by Gasteiger charge is 2.28. The number of aryl methyl sites for hydroxylation is 1. The predicted octanol–water partition coefficient (Wildman–Crippen LogP) is 4.19. The molecule has 29 heavy (non-hydrogen) atoms. The molecule has 0 saturated heterocycles. The van der Waals surface area contributed by atoms with Gasteiger partial charge >= 0.3 is 13.4 Å². The smallest absolute Gasteiger partial charge is 0.474 e. The minimum absolute atomic E-state index is 0.136. The number of halogens is 6. The van der Waals surface area contributed by atoms with Crippen LogP contribution in [0.1, 0.15) is 22.8 Å². The summed E-state index contributed by atoms with van der Waals surface area (Å²) < 4.78 is 85.3. The van der Waals surface area contributed by atoms with Crippen molar-refractivity contribution in [2.45, 2.75) is 13.3 Å². The molecule has 0 saturated carbocycles. The Kier molecular flexibility index (Phi) is 5.41. The maximum absolute atomic E-state index is 14.4. The number of rotatable bonds is 4. The van der Waals surface area contributed by atoms with E-state index in [9.17, 15) is 35.8 Å². The van der Waals surface area contributed by atoms with Crippen LogP contribution in [0.5, 0.6) is 0 Å². The van der Waals surface area contributed by atoms with Gasteiger partial charge in [0.1, 0.15) is 17.2 Å².